The van der Waals surface area contributed by atoms with Crippen LogP contribution in [0.1, 0.15) is 11.1 Å². The van der Waals surface area contributed by atoms with Gasteiger partial charge in [0, 0.05) is 0 Å². The van der Waals surface area contributed by atoms with Crippen LogP contribution in [0.3, 0.4) is 0 Å². The van der Waals surface area contributed by atoms with Crippen molar-refractivity contribution < 1.29 is 9.53 Å². The summed E-state index contributed by atoms with van der Waals surface area (Å²) in [6, 6.07) is 10.9. The van der Waals surface area contributed by atoms with Crippen molar-refractivity contribution in [2.45, 2.75) is 13.8 Å². The molecule has 1 N–H and O–H groups in total. The second-order valence-electron chi connectivity index (χ2n) is 4.71. The molecular weight excluding hydrogens is 309 g/mol. The standard InChI is InChI=1S/C16H15Cl2NO2/c1-10-6-7-14(11(2)8-10)21-9-15(20)19-13-5-3-4-12(17)16(13)18/h3-8H,9H2,1-2H3,(H,19,20). The molecule has 0 heterocycles. The monoisotopic (exact) mass is 323 g/mol. The van der Waals surface area contributed by atoms with Crippen molar-refractivity contribution in [2.24, 2.45) is 0 Å². The lowest BCUT2D eigenvalue weighted by molar-refractivity contribution is -0.118. The first kappa shape index (κ1) is 15.7. The molecule has 0 aliphatic rings. The average molecular weight is 324 g/mol. The molecule has 21 heavy (non-hydrogen) atoms. The van der Waals surface area contributed by atoms with E-state index in [9.17, 15) is 4.79 Å². The maximum absolute atomic E-state index is 11.9. The summed E-state index contributed by atoms with van der Waals surface area (Å²) in [7, 11) is 0. The van der Waals surface area contributed by atoms with Crippen LogP contribution >= 0.6 is 23.2 Å². The Labute approximate surface area is 133 Å². The van der Waals surface area contributed by atoms with E-state index in [1.807, 2.05) is 32.0 Å². The maximum Gasteiger partial charge on any atom is 0.262 e. The Balaban J connectivity index is 1.97. The lowest BCUT2D eigenvalue weighted by atomic mass is 10.1. The van der Waals surface area contributed by atoms with Crippen molar-refractivity contribution in [2.75, 3.05) is 11.9 Å². The molecule has 2 aromatic rings. The van der Waals surface area contributed by atoms with Crippen LogP contribution in [0.2, 0.25) is 10.0 Å². The van der Waals surface area contributed by atoms with Crippen LogP contribution in [0.5, 0.6) is 5.75 Å². The summed E-state index contributed by atoms with van der Waals surface area (Å²) in [6.07, 6.45) is 0. The minimum atomic E-state index is -0.292. The molecule has 0 fully saturated rings. The second kappa shape index (κ2) is 6.83. The molecule has 0 unspecified atom stereocenters. The fourth-order valence-electron chi connectivity index (χ4n) is 1.89. The van der Waals surface area contributed by atoms with E-state index in [1.165, 1.54) is 0 Å². The number of anilines is 1. The van der Waals surface area contributed by atoms with Crippen LogP contribution in [0.4, 0.5) is 5.69 Å². The molecule has 110 valence electrons. The maximum atomic E-state index is 11.9. The number of carbonyl (C=O) groups excluding carboxylic acids is 1. The Bertz CT molecular complexity index is 671. The third-order valence-corrected chi connectivity index (χ3v) is 3.73. The van der Waals surface area contributed by atoms with Gasteiger partial charge in [0.05, 0.1) is 15.7 Å². The molecule has 2 aromatic carbocycles. The van der Waals surface area contributed by atoms with Gasteiger partial charge in [0.25, 0.3) is 5.91 Å². The van der Waals surface area contributed by atoms with Gasteiger partial charge in [0.15, 0.2) is 6.61 Å². The molecule has 0 bridgehead atoms. The molecule has 0 aliphatic heterocycles. The van der Waals surface area contributed by atoms with Gasteiger partial charge in [0.1, 0.15) is 5.75 Å². The van der Waals surface area contributed by atoms with Crippen LogP contribution in [0, 0.1) is 13.8 Å². The number of halogens is 2. The Kier molecular flexibility index (Phi) is 5.10. The van der Waals surface area contributed by atoms with E-state index in [0.29, 0.717) is 21.5 Å². The highest BCUT2D eigenvalue weighted by molar-refractivity contribution is 6.43. The summed E-state index contributed by atoms with van der Waals surface area (Å²) in [5, 5.41) is 3.38. The third-order valence-electron chi connectivity index (χ3n) is 2.91. The summed E-state index contributed by atoms with van der Waals surface area (Å²) in [5.41, 5.74) is 2.61. The lowest BCUT2D eigenvalue weighted by Gasteiger charge is -2.11. The molecule has 0 saturated heterocycles. The summed E-state index contributed by atoms with van der Waals surface area (Å²) in [6.45, 7) is 3.85. The van der Waals surface area contributed by atoms with E-state index >= 15 is 0 Å². The van der Waals surface area contributed by atoms with E-state index in [0.717, 1.165) is 11.1 Å². The highest BCUT2D eigenvalue weighted by Gasteiger charge is 2.09. The van der Waals surface area contributed by atoms with E-state index in [4.69, 9.17) is 27.9 Å². The van der Waals surface area contributed by atoms with Gasteiger partial charge < -0.3 is 10.1 Å². The molecule has 0 radical (unpaired) electrons. The highest BCUT2D eigenvalue weighted by Crippen LogP contribution is 2.29. The van der Waals surface area contributed by atoms with Gasteiger partial charge >= 0.3 is 0 Å². The molecule has 1 amide bonds. The van der Waals surface area contributed by atoms with Crippen molar-refractivity contribution in [3.05, 3.63) is 57.6 Å². The van der Waals surface area contributed by atoms with Crippen molar-refractivity contribution in [1.82, 2.24) is 0 Å². The van der Waals surface area contributed by atoms with Gasteiger partial charge in [0.2, 0.25) is 0 Å². The summed E-state index contributed by atoms with van der Waals surface area (Å²) in [5.74, 6) is 0.395. The fourth-order valence-corrected chi connectivity index (χ4v) is 2.24. The minimum Gasteiger partial charge on any atom is -0.483 e. The lowest BCUT2D eigenvalue weighted by Crippen LogP contribution is -2.20. The van der Waals surface area contributed by atoms with Crippen LogP contribution < -0.4 is 10.1 Å². The second-order valence-corrected chi connectivity index (χ2v) is 5.49. The van der Waals surface area contributed by atoms with Crippen molar-refractivity contribution in [3.63, 3.8) is 0 Å². The first-order valence-corrected chi connectivity index (χ1v) is 7.17. The number of aryl methyl sites for hydroxylation is 2. The summed E-state index contributed by atoms with van der Waals surface area (Å²) in [4.78, 5) is 11.9. The number of amides is 1. The van der Waals surface area contributed by atoms with Crippen LogP contribution in [0.25, 0.3) is 0 Å². The molecule has 0 aromatic heterocycles. The predicted molar refractivity (Wildman–Crippen MR) is 86.5 cm³/mol. The minimum absolute atomic E-state index is 0.0905. The summed E-state index contributed by atoms with van der Waals surface area (Å²) < 4.78 is 5.51. The van der Waals surface area contributed by atoms with E-state index in [2.05, 4.69) is 5.32 Å². The Morgan fingerprint density at radius 3 is 2.67 bits per heavy atom. The molecule has 0 saturated carbocycles. The molecule has 0 spiro atoms. The zero-order valence-electron chi connectivity index (χ0n) is 11.7. The number of carbonyl (C=O) groups is 1. The van der Waals surface area contributed by atoms with Gasteiger partial charge in [-0.05, 0) is 37.6 Å². The first-order chi connectivity index (χ1) is 9.97. The number of benzene rings is 2. The quantitative estimate of drug-likeness (QED) is 0.890. The normalized spacial score (nSPS) is 10.3. The van der Waals surface area contributed by atoms with Crippen LogP contribution in [-0.4, -0.2) is 12.5 Å². The third kappa shape index (κ3) is 4.13. The molecule has 3 nitrogen and oxygen atoms in total. The van der Waals surface area contributed by atoms with E-state index < -0.39 is 0 Å². The Morgan fingerprint density at radius 2 is 1.95 bits per heavy atom. The van der Waals surface area contributed by atoms with Crippen molar-refractivity contribution >= 4 is 34.8 Å². The topological polar surface area (TPSA) is 38.3 Å². The van der Waals surface area contributed by atoms with Crippen LogP contribution in [0.15, 0.2) is 36.4 Å². The fraction of sp³-hybridized carbons (Fsp3) is 0.188. The number of ether oxygens (including phenoxy) is 1. The van der Waals surface area contributed by atoms with Crippen molar-refractivity contribution in [3.8, 4) is 5.75 Å². The molecule has 0 atom stereocenters. The SMILES string of the molecule is Cc1ccc(OCC(=O)Nc2cccc(Cl)c2Cl)c(C)c1. The van der Waals surface area contributed by atoms with Crippen LogP contribution in [-0.2, 0) is 4.79 Å². The van der Waals surface area contributed by atoms with Gasteiger partial charge in [-0.15, -0.1) is 0 Å². The molecule has 2 rings (SSSR count). The van der Waals surface area contributed by atoms with Gasteiger partial charge in [-0.2, -0.15) is 0 Å². The highest BCUT2D eigenvalue weighted by atomic mass is 35.5. The molecular formula is C16H15Cl2NO2. The zero-order chi connectivity index (χ0) is 15.4. The Hall–Kier alpha value is -1.71. The predicted octanol–water partition coefficient (Wildman–Crippen LogP) is 4.63. The van der Waals surface area contributed by atoms with Gasteiger partial charge in [-0.1, -0.05) is 47.0 Å². The zero-order valence-corrected chi connectivity index (χ0v) is 13.3. The largest absolute Gasteiger partial charge is 0.483 e. The smallest absolute Gasteiger partial charge is 0.262 e. The van der Waals surface area contributed by atoms with Gasteiger partial charge in [-0.3, -0.25) is 4.79 Å². The number of nitrogens with one attached hydrogen (secondary N) is 1. The number of rotatable bonds is 4. The Morgan fingerprint density at radius 1 is 1.19 bits per heavy atom. The summed E-state index contributed by atoms with van der Waals surface area (Å²) >= 11 is 11.9. The first-order valence-electron chi connectivity index (χ1n) is 6.41. The average Bonchev–Trinajstić information content (AvgIpc) is 2.43. The van der Waals surface area contributed by atoms with E-state index in [-0.39, 0.29) is 12.5 Å². The van der Waals surface area contributed by atoms with Gasteiger partial charge in [-0.25, -0.2) is 0 Å². The molecule has 5 heteroatoms. The molecule has 0 aliphatic carbocycles. The number of hydrogen-bond acceptors (Lipinski definition) is 2. The van der Waals surface area contributed by atoms with E-state index in [1.54, 1.807) is 18.2 Å². The van der Waals surface area contributed by atoms with Crippen molar-refractivity contribution in [1.29, 1.82) is 0 Å². The number of hydrogen-bond donors (Lipinski definition) is 1.